The zero-order chi connectivity index (χ0) is 16.7. The van der Waals surface area contributed by atoms with Gasteiger partial charge in [-0.1, -0.05) is 6.07 Å². The lowest BCUT2D eigenvalue weighted by atomic mass is 10.0. The third-order valence-corrected chi connectivity index (χ3v) is 5.97. The van der Waals surface area contributed by atoms with Gasteiger partial charge in [-0.05, 0) is 37.8 Å². The average Bonchev–Trinajstić information content (AvgIpc) is 3.18. The van der Waals surface area contributed by atoms with E-state index >= 15 is 0 Å². The molecule has 24 heavy (non-hydrogen) atoms. The molecule has 0 spiro atoms. The average molecular weight is 343 g/mol. The Kier molecular flexibility index (Phi) is 3.92. The highest BCUT2D eigenvalue weighted by Crippen LogP contribution is 2.33. The minimum atomic E-state index is -0.312. The van der Waals surface area contributed by atoms with Crippen LogP contribution in [0.4, 0.5) is 5.69 Å². The molecule has 2 N–H and O–H groups in total. The second-order valence-electron chi connectivity index (χ2n) is 6.58. The summed E-state index contributed by atoms with van der Waals surface area (Å²) in [5.41, 5.74) is 2.92. The second kappa shape index (κ2) is 6.09. The highest BCUT2D eigenvalue weighted by Gasteiger charge is 2.31. The van der Waals surface area contributed by atoms with Crippen LogP contribution in [-0.2, 0) is 30.6 Å². The van der Waals surface area contributed by atoms with E-state index in [4.69, 9.17) is 4.98 Å². The van der Waals surface area contributed by atoms with Gasteiger partial charge in [0.1, 0.15) is 16.8 Å². The van der Waals surface area contributed by atoms with E-state index in [1.54, 1.807) is 28.4 Å². The zero-order valence-electron chi connectivity index (χ0n) is 13.7. The fourth-order valence-corrected chi connectivity index (χ4v) is 4.75. The number of phenols is 1. The van der Waals surface area contributed by atoms with Gasteiger partial charge >= 0.3 is 0 Å². The number of carbonyl (C=O) groups excluding carboxylic acids is 1. The van der Waals surface area contributed by atoms with Crippen molar-refractivity contribution in [3.8, 4) is 5.75 Å². The minimum Gasteiger partial charge on any atom is -0.508 e. The summed E-state index contributed by atoms with van der Waals surface area (Å²) in [4.78, 5) is 20.6. The third-order valence-electron chi connectivity index (χ3n) is 4.83. The van der Waals surface area contributed by atoms with Crippen molar-refractivity contribution in [2.45, 2.75) is 44.7 Å². The lowest BCUT2D eigenvalue weighted by Crippen LogP contribution is -2.39. The molecule has 4 rings (SSSR count). The Bertz CT molecular complexity index is 763. The summed E-state index contributed by atoms with van der Waals surface area (Å²) < 4.78 is 0. The van der Waals surface area contributed by atoms with Gasteiger partial charge in [-0.25, -0.2) is 4.98 Å². The molecule has 126 valence electrons. The maximum Gasteiger partial charge on any atom is 0.245 e. The van der Waals surface area contributed by atoms with Crippen LogP contribution in [0.5, 0.6) is 5.75 Å². The van der Waals surface area contributed by atoms with E-state index in [-0.39, 0.29) is 17.7 Å². The van der Waals surface area contributed by atoms with Gasteiger partial charge in [0.15, 0.2) is 0 Å². The van der Waals surface area contributed by atoms with Gasteiger partial charge in [0.2, 0.25) is 5.91 Å². The second-order valence-corrected chi connectivity index (χ2v) is 7.75. The number of fused-ring (bicyclic) bond motifs is 2. The summed E-state index contributed by atoms with van der Waals surface area (Å²) in [6, 6.07) is 5.04. The number of aryl methyl sites for hydroxylation is 2. The predicted molar refractivity (Wildman–Crippen MR) is 94.5 cm³/mol. The summed E-state index contributed by atoms with van der Waals surface area (Å²) in [5.74, 6) is 0.296. The molecule has 0 radical (unpaired) electrons. The SMILES string of the molecule is CN(Cc1nc2c(s1)CCCC2)C(=O)C1Cc2c(O)cccc2N1. The van der Waals surface area contributed by atoms with Gasteiger partial charge in [-0.2, -0.15) is 0 Å². The molecule has 1 aliphatic heterocycles. The van der Waals surface area contributed by atoms with Gasteiger partial charge in [-0.3, -0.25) is 4.79 Å². The number of nitrogens with zero attached hydrogens (tertiary/aromatic N) is 2. The Morgan fingerprint density at radius 2 is 2.25 bits per heavy atom. The number of thiazole rings is 1. The van der Waals surface area contributed by atoms with Crippen LogP contribution in [0, 0.1) is 0 Å². The molecule has 0 saturated heterocycles. The van der Waals surface area contributed by atoms with Crippen LogP contribution in [0.1, 0.15) is 34.0 Å². The van der Waals surface area contributed by atoms with E-state index < -0.39 is 0 Å². The van der Waals surface area contributed by atoms with Crippen LogP contribution >= 0.6 is 11.3 Å². The third kappa shape index (κ3) is 2.75. The van der Waals surface area contributed by atoms with E-state index in [2.05, 4.69) is 5.32 Å². The van der Waals surface area contributed by atoms with Gasteiger partial charge < -0.3 is 15.3 Å². The largest absolute Gasteiger partial charge is 0.508 e. The molecule has 1 atom stereocenters. The first-order valence-electron chi connectivity index (χ1n) is 8.41. The number of aromatic hydroxyl groups is 1. The van der Waals surface area contributed by atoms with Crippen molar-refractivity contribution in [3.63, 3.8) is 0 Å². The fraction of sp³-hybridized carbons (Fsp3) is 0.444. The van der Waals surface area contributed by atoms with Crippen LogP contribution in [-0.4, -0.2) is 34.0 Å². The Hall–Kier alpha value is -2.08. The number of anilines is 1. The predicted octanol–water partition coefficient (Wildman–Crippen LogP) is 2.72. The lowest BCUT2D eigenvalue weighted by Gasteiger charge is -2.20. The van der Waals surface area contributed by atoms with E-state index in [0.717, 1.165) is 29.1 Å². The van der Waals surface area contributed by atoms with Crippen molar-refractivity contribution in [2.75, 3.05) is 12.4 Å². The minimum absolute atomic E-state index is 0.0405. The molecule has 6 heteroatoms. The van der Waals surface area contributed by atoms with Crippen LogP contribution in [0.3, 0.4) is 0 Å². The first kappa shape index (κ1) is 15.4. The molecule has 1 aliphatic carbocycles. The van der Waals surface area contributed by atoms with Crippen molar-refractivity contribution in [2.24, 2.45) is 0 Å². The number of hydrogen-bond acceptors (Lipinski definition) is 5. The fourth-order valence-electron chi connectivity index (χ4n) is 3.54. The van der Waals surface area contributed by atoms with Crippen LogP contribution < -0.4 is 5.32 Å². The number of hydrogen-bond donors (Lipinski definition) is 2. The van der Waals surface area contributed by atoms with Crippen molar-refractivity contribution >= 4 is 22.9 Å². The molecule has 1 unspecified atom stereocenters. The summed E-state index contributed by atoms with van der Waals surface area (Å²) in [5, 5.41) is 14.2. The normalized spacial score (nSPS) is 18.6. The van der Waals surface area contributed by atoms with Crippen molar-refractivity contribution in [3.05, 3.63) is 39.3 Å². The Morgan fingerprint density at radius 1 is 1.42 bits per heavy atom. The molecule has 0 fully saturated rings. The number of rotatable bonds is 3. The van der Waals surface area contributed by atoms with Crippen LogP contribution in [0.25, 0.3) is 0 Å². The first-order valence-corrected chi connectivity index (χ1v) is 9.23. The highest BCUT2D eigenvalue weighted by atomic mass is 32.1. The van der Waals surface area contributed by atoms with Gasteiger partial charge in [0.25, 0.3) is 0 Å². The highest BCUT2D eigenvalue weighted by molar-refractivity contribution is 7.11. The quantitative estimate of drug-likeness (QED) is 0.899. The Morgan fingerprint density at radius 3 is 3.04 bits per heavy atom. The van der Waals surface area contributed by atoms with Crippen LogP contribution in [0.2, 0.25) is 0 Å². The molecule has 5 nitrogen and oxygen atoms in total. The van der Waals surface area contributed by atoms with Crippen molar-refractivity contribution < 1.29 is 9.90 Å². The Labute approximate surface area is 145 Å². The molecule has 2 aromatic rings. The first-order chi connectivity index (χ1) is 11.6. The summed E-state index contributed by atoms with van der Waals surface area (Å²) in [6.45, 7) is 0.553. The van der Waals surface area contributed by atoms with Gasteiger partial charge in [0.05, 0.1) is 12.2 Å². The molecule has 1 aromatic carbocycles. The molecular formula is C18H21N3O2S. The van der Waals surface area contributed by atoms with E-state index in [0.29, 0.717) is 13.0 Å². The summed E-state index contributed by atoms with van der Waals surface area (Å²) >= 11 is 1.75. The van der Waals surface area contributed by atoms with E-state index in [1.165, 1.54) is 23.4 Å². The molecule has 2 aliphatic rings. The topological polar surface area (TPSA) is 65.5 Å². The van der Waals surface area contributed by atoms with Crippen molar-refractivity contribution in [1.29, 1.82) is 0 Å². The molecule has 1 amide bonds. The number of carbonyl (C=O) groups is 1. The zero-order valence-corrected chi connectivity index (χ0v) is 14.5. The van der Waals surface area contributed by atoms with E-state index in [9.17, 15) is 9.90 Å². The maximum absolute atomic E-state index is 12.7. The maximum atomic E-state index is 12.7. The molecular weight excluding hydrogens is 322 g/mol. The van der Waals surface area contributed by atoms with Crippen molar-refractivity contribution in [1.82, 2.24) is 9.88 Å². The number of amides is 1. The smallest absolute Gasteiger partial charge is 0.245 e. The molecule has 0 saturated carbocycles. The van der Waals surface area contributed by atoms with Gasteiger partial charge in [0, 0.05) is 29.6 Å². The molecule has 0 bridgehead atoms. The summed E-state index contributed by atoms with van der Waals surface area (Å²) in [7, 11) is 1.83. The number of likely N-dealkylation sites (N-methyl/N-ethyl adjacent to an activating group) is 1. The lowest BCUT2D eigenvalue weighted by molar-refractivity contribution is -0.131. The Balaban J connectivity index is 1.44. The van der Waals surface area contributed by atoms with Gasteiger partial charge in [-0.15, -0.1) is 11.3 Å². The molecule has 1 aromatic heterocycles. The summed E-state index contributed by atoms with van der Waals surface area (Å²) in [6.07, 6.45) is 5.20. The van der Waals surface area contributed by atoms with Crippen LogP contribution in [0.15, 0.2) is 18.2 Å². The molecule has 2 heterocycles. The standard InChI is InChI=1S/C18H21N3O2S/c1-21(10-17-20-13-5-2-3-8-16(13)24-17)18(23)14-9-11-12(19-14)6-4-7-15(11)22/h4,6-7,14,19,22H,2-3,5,8-10H2,1H3. The number of nitrogens with one attached hydrogen (secondary N) is 1. The number of benzene rings is 1. The number of aromatic nitrogens is 1. The number of phenolic OH excluding ortho intramolecular Hbond substituents is 1. The van der Waals surface area contributed by atoms with E-state index in [1.807, 2.05) is 13.1 Å². The monoisotopic (exact) mass is 343 g/mol.